The molecule has 0 saturated heterocycles. The van der Waals surface area contributed by atoms with E-state index in [4.69, 9.17) is 10.00 Å². The fraction of sp³-hybridized carbons (Fsp3) is 0.294. The van der Waals surface area contributed by atoms with Crippen molar-refractivity contribution in [2.24, 2.45) is 0 Å². The first kappa shape index (κ1) is 14.9. The first-order chi connectivity index (χ1) is 10.1. The number of benzene rings is 1. The number of aryl methyl sites for hydroxylation is 2. The fourth-order valence-electron chi connectivity index (χ4n) is 2.37. The Labute approximate surface area is 124 Å². The lowest BCUT2D eigenvalue weighted by Gasteiger charge is -2.15. The number of aromatic nitrogens is 1. The van der Waals surface area contributed by atoms with Crippen LogP contribution < -0.4 is 10.3 Å². The highest BCUT2D eigenvalue weighted by atomic mass is 16.5. The normalized spacial score (nSPS) is 10.2. The van der Waals surface area contributed by atoms with E-state index < -0.39 is 0 Å². The number of hydrogen-bond acceptors (Lipinski definition) is 3. The molecule has 21 heavy (non-hydrogen) atoms. The highest BCUT2D eigenvalue weighted by molar-refractivity contribution is 5.65. The molecule has 0 atom stereocenters. The number of nitrogens with zero attached hydrogens (tertiary/aromatic N) is 2. The number of hydrogen-bond donors (Lipinski definition) is 0. The van der Waals surface area contributed by atoms with E-state index in [2.05, 4.69) is 0 Å². The second kappa shape index (κ2) is 6.27. The van der Waals surface area contributed by atoms with Gasteiger partial charge < -0.3 is 9.30 Å². The number of rotatable bonds is 4. The maximum absolute atomic E-state index is 12.2. The SMILES string of the molecule is CCn1c(-c2ccc(OCC#N)cc2C)ccc(C)c1=O. The Morgan fingerprint density at radius 1 is 1.19 bits per heavy atom. The quantitative estimate of drug-likeness (QED) is 0.866. The van der Waals surface area contributed by atoms with Gasteiger partial charge in [-0.3, -0.25) is 4.79 Å². The molecular weight excluding hydrogens is 264 g/mol. The van der Waals surface area contributed by atoms with Crippen molar-refractivity contribution in [2.45, 2.75) is 27.3 Å². The highest BCUT2D eigenvalue weighted by Gasteiger charge is 2.10. The number of ether oxygens (including phenoxy) is 1. The van der Waals surface area contributed by atoms with Crippen LogP contribution in [0, 0.1) is 25.2 Å². The zero-order valence-electron chi connectivity index (χ0n) is 12.5. The monoisotopic (exact) mass is 282 g/mol. The lowest BCUT2D eigenvalue weighted by Crippen LogP contribution is -2.22. The molecule has 0 N–H and O–H groups in total. The third-order valence-corrected chi connectivity index (χ3v) is 3.46. The Bertz CT molecular complexity index is 754. The van der Waals surface area contributed by atoms with Gasteiger partial charge in [-0.1, -0.05) is 6.07 Å². The second-order valence-corrected chi connectivity index (χ2v) is 4.87. The minimum atomic E-state index is 0.0307. The molecule has 0 fully saturated rings. The van der Waals surface area contributed by atoms with Gasteiger partial charge in [-0.25, -0.2) is 0 Å². The molecule has 0 bridgehead atoms. The molecule has 1 aromatic heterocycles. The Morgan fingerprint density at radius 3 is 2.57 bits per heavy atom. The summed E-state index contributed by atoms with van der Waals surface area (Å²) < 4.78 is 7.07. The van der Waals surface area contributed by atoms with Crippen molar-refractivity contribution < 1.29 is 4.74 Å². The minimum Gasteiger partial charge on any atom is -0.479 e. The summed E-state index contributed by atoms with van der Waals surface area (Å²) in [4.78, 5) is 12.2. The van der Waals surface area contributed by atoms with E-state index in [-0.39, 0.29) is 12.2 Å². The summed E-state index contributed by atoms with van der Waals surface area (Å²) in [6, 6.07) is 11.4. The molecule has 0 aliphatic carbocycles. The van der Waals surface area contributed by atoms with Gasteiger partial charge in [-0.05, 0) is 50.6 Å². The van der Waals surface area contributed by atoms with Crippen molar-refractivity contribution in [1.29, 1.82) is 5.26 Å². The van der Waals surface area contributed by atoms with Gasteiger partial charge in [0, 0.05) is 17.7 Å². The first-order valence-electron chi connectivity index (χ1n) is 6.89. The van der Waals surface area contributed by atoms with E-state index >= 15 is 0 Å². The van der Waals surface area contributed by atoms with Crippen LogP contribution in [0.4, 0.5) is 0 Å². The molecule has 4 nitrogen and oxygen atoms in total. The molecule has 0 spiro atoms. The summed E-state index contributed by atoms with van der Waals surface area (Å²) in [5, 5.41) is 8.54. The summed E-state index contributed by atoms with van der Waals surface area (Å²) in [7, 11) is 0. The largest absolute Gasteiger partial charge is 0.479 e. The molecule has 0 unspecified atom stereocenters. The van der Waals surface area contributed by atoms with Crippen molar-refractivity contribution in [3.8, 4) is 23.1 Å². The lowest BCUT2D eigenvalue weighted by atomic mass is 10.0. The first-order valence-corrected chi connectivity index (χ1v) is 6.89. The highest BCUT2D eigenvalue weighted by Crippen LogP contribution is 2.26. The van der Waals surface area contributed by atoms with Crippen LogP contribution in [0.2, 0.25) is 0 Å². The van der Waals surface area contributed by atoms with Crippen LogP contribution in [0.5, 0.6) is 5.75 Å². The van der Waals surface area contributed by atoms with Gasteiger partial charge in [-0.2, -0.15) is 5.26 Å². The molecule has 0 aliphatic heterocycles. The summed E-state index contributed by atoms with van der Waals surface area (Å²) >= 11 is 0. The summed E-state index contributed by atoms with van der Waals surface area (Å²) in [6.45, 7) is 6.41. The molecule has 1 aromatic carbocycles. The van der Waals surface area contributed by atoms with Crippen molar-refractivity contribution in [3.63, 3.8) is 0 Å². The molecule has 4 heteroatoms. The second-order valence-electron chi connectivity index (χ2n) is 4.87. The molecular formula is C17H18N2O2. The molecule has 108 valence electrons. The van der Waals surface area contributed by atoms with Gasteiger partial charge in [-0.15, -0.1) is 0 Å². The van der Waals surface area contributed by atoms with Gasteiger partial charge in [0.1, 0.15) is 11.8 Å². The standard InChI is InChI=1S/C17H18N2O2/c1-4-19-16(8-5-12(2)17(19)20)15-7-6-14(11-13(15)3)21-10-9-18/h5-8,11H,4,10H2,1-3H3. The van der Waals surface area contributed by atoms with Crippen LogP contribution in [0.3, 0.4) is 0 Å². The van der Waals surface area contributed by atoms with Crippen LogP contribution in [-0.2, 0) is 6.54 Å². The average Bonchev–Trinajstić information content (AvgIpc) is 2.48. The lowest BCUT2D eigenvalue weighted by molar-refractivity contribution is 0.368. The van der Waals surface area contributed by atoms with E-state index in [0.717, 1.165) is 22.4 Å². The average molecular weight is 282 g/mol. The van der Waals surface area contributed by atoms with E-state index in [9.17, 15) is 4.79 Å². The Hall–Kier alpha value is -2.54. The third kappa shape index (κ3) is 2.97. The molecule has 0 radical (unpaired) electrons. The van der Waals surface area contributed by atoms with Gasteiger partial charge >= 0.3 is 0 Å². The molecule has 0 saturated carbocycles. The van der Waals surface area contributed by atoms with Crippen molar-refractivity contribution in [1.82, 2.24) is 4.57 Å². The van der Waals surface area contributed by atoms with Gasteiger partial charge in [0.25, 0.3) is 5.56 Å². The maximum atomic E-state index is 12.2. The molecule has 0 amide bonds. The van der Waals surface area contributed by atoms with E-state index in [1.54, 1.807) is 4.57 Å². The summed E-state index contributed by atoms with van der Waals surface area (Å²) in [5.41, 5.74) is 3.69. The van der Waals surface area contributed by atoms with Crippen LogP contribution in [0.25, 0.3) is 11.3 Å². The molecule has 1 heterocycles. The predicted molar refractivity (Wildman–Crippen MR) is 82.4 cm³/mol. The smallest absolute Gasteiger partial charge is 0.253 e. The van der Waals surface area contributed by atoms with Crippen LogP contribution >= 0.6 is 0 Å². The minimum absolute atomic E-state index is 0.0307. The van der Waals surface area contributed by atoms with Gasteiger partial charge in [0.2, 0.25) is 0 Å². The summed E-state index contributed by atoms with van der Waals surface area (Å²) in [5.74, 6) is 0.662. The zero-order valence-corrected chi connectivity index (χ0v) is 12.5. The Morgan fingerprint density at radius 2 is 1.95 bits per heavy atom. The van der Waals surface area contributed by atoms with Crippen LogP contribution in [-0.4, -0.2) is 11.2 Å². The van der Waals surface area contributed by atoms with Crippen molar-refractivity contribution in [2.75, 3.05) is 6.61 Å². The fourth-order valence-corrected chi connectivity index (χ4v) is 2.37. The molecule has 2 aromatic rings. The number of nitriles is 1. The van der Waals surface area contributed by atoms with E-state index in [1.165, 1.54) is 0 Å². The van der Waals surface area contributed by atoms with E-state index in [0.29, 0.717) is 12.3 Å². The Balaban J connectivity index is 2.51. The van der Waals surface area contributed by atoms with E-state index in [1.807, 2.05) is 57.2 Å². The molecule has 2 rings (SSSR count). The Kier molecular flexibility index (Phi) is 4.44. The predicted octanol–water partition coefficient (Wildman–Crippen LogP) is 3.05. The van der Waals surface area contributed by atoms with Crippen LogP contribution in [0.1, 0.15) is 18.1 Å². The number of pyridine rings is 1. The maximum Gasteiger partial charge on any atom is 0.253 e. The van der Waals surface area contributed by atoms with Gasteiger partial charge in [0.15, 0.2) is 6.61 Å². The zero-order chi connectivity index (χ0) is 15.4. The topological polar surface area (TPSA) is 55.0 Å². The summed E-state index contributed by atoms with van der Waals surface area (Å²) in [6.07, 6.45) is 0. The third-order valence-electron chi connectivity index (χ3n) is 3.46. The van der Waals surface area contributed by atoms with Gasteiger partial charge in [0.05, 0.1) is 5.69 Å². The van der Waals surface area contributed by atoms with Crippen molar-refractivity contribution in [3.05, 3.63) is 51.8 Å². The van der Waals surface area contributed by atoms with Crippen LogP contribution in [0.15, 0.2) is 35.1 Å². The molecule has 0 aliphatic rings. The van der Waals surface area contributed by atoms with Crippen molar-refractivity contribution >= 4 is 0 Å².